The standard InChI is InChI=1S/C25H38N6O.C2H6.CH4O/c1-3-5-15-27-19-9-7-18(8-10-19)23(26)22-17-29-25(28-16-6-4-2)31-24(22)30-20-11-13-21(32)14-12-20;2*1-2/h7-10,17,20-21,26-27,32H,3-6,11-16H2,1-2H3,(H2,28,29,30,31);1-2H3;2H,1H3. The van der Waals surface area contributed by atoms with Crippen LogP contribution in [0.4, 0.5) is 17.5 Å². The van der Waals surface area contributed by atoms with E-state index in [9.17, 15) is 5.11 Å². The lowest BCUT2D eigenvalue weighted by Crippen LogP contribution is -2.29. The maximum Gasteiger partial charge on any atom is 0.224 e. The van der Waals surface area contributed by atoms with Gasteiger partial charge in [-0.3, -0.25) is 5.41 Å². The molecule has 0 spiro atoms. The molecule has 0 amide bonds. The highest BCUT2D eigenvalue weighted by molar-refractivity contribution is 6.13. The van der Waals surface area contributed by atoms with Crippen LogP contribution < -0.4 is 16.0 Å². The summed E-state index contributed by atoms with van der Waals surface area (Å²) in [5.74, 6) is 1.28. The number of hydrogen-bond acceptors (Lipinski definition) is 8. The summed E-state index contributed by atoms with van der Waals surface area (Å²) in [5, 5.41) is 35.9. The fraction of sp³-hybridized carbons (Fsp3) is 0.607. The summed E-state index contributed by atoms with van der Waals surface area (Å²) in [6.45, 7) is 10.1. The molecule has 0 saturated heterocycles. The lowest BCUT2D eigenvalue weighted by Gasteiger charge is -2.27. The van der Waals surface area contributed by atoms with E-state index >= 15 is 0 Å². The summed E-state index contributed by atoms with van der Waals surface area (Å²) in [5.41, 5.74) is 3.01. The summed E-state index contributed by atoms with van der Waals surface area (Å²) in [7, 11) is 1.00. The molecular weight excluding hydrogens is 452 g/mol. The van der Waals surface area contributed by atoms with Crippen LogP contribution in [0.15, 0.2) is 30.5 Å². The molecule has 1 aliphatic rings. The van der Waals surface area contributed by atoms with E-state index in [1.165, 1.54) is 0 Å². The van der Waals surface area contributed by atoms with Crippen molar-refractivity contribution in [2.24, 2.45) is 0 Å². The Morgan fingerprint density at radius 2 is 1.53 bits per heavy atom. The predicted octanol–water partition coefficient (Wildman–Crippen LogP) is 5.67. The van der Waals surface area contributed by atoms with Gasteiger partial charge in [0.15, 0.2) is 0 Å². The fourth-order valence-electron chi connectivity index (χ4n) is 3.87. The van der Waals surface area contributed by atoms with Gasteiger partial charge < -0.3 is 26.2 Å². The summed E-state index contributed by atoms with van der Waals surface area (Å²) in [4.78, 5) is 9.20. The van der Waals surface area contributed by atoms with Crippen molar-refractivity contribution in [2.45, 2.75) is 91.2 Å². The van der Waals surface area contributed by atoms with Crippen LogP contribution in [-0.2, 0) is 0 Å². The Labute approximate surface area is 217 Å². The van der Waals surface area contributed by atoms with Crippen LogP contribution in [-0.4, -0.2) is 58.2 Å². The summed E-state index contributed by atoms with van der Waals surface area (Å²) < 4.78 is 0. The number of hydrogen-bond donors (Lipinski definition) is 6. The molecule has 8 nitrogen and oxygen atoms in total. The molecule has 2 aromatic rings. The number of aliphatic hydroxyl groups is 2. The van der Waals surface area contributed by atoms with Crippen molar-refractivity contribution in [3.05, 3.63) is 41.6 Å². The third kappa shape index (κ3) is 10.5. The normalized spacial score (nSPS) is 16.5. The molecule has 0 bridgehead atoms. The molecule has 0 aliphatic heterocycles. The quantitative estimate of drug-likeness (QED) is 0.164. The van der Waals surface area contributed by atoms with Crippen molar-refractivity contribution < 1.29 is 10.2 Å². The predicted molar refractivity (Wildman–Crippen MR) is 153 cm³/mol. The van der Waals surface area contributed by atoms with Gasteiger partial charge in [0.05, 0.1) is 17.4 Å². The minimum Gasteiger partial charge on any atom is -0.400 e. The van der Waals surface area contributed by atoms with E-state index in [2.05, 4.69) is 34.8 Å². The lowest BCUT2D eigenvalue weighted by molar-refractivity contribution is 0.126. The van der Waals surface area contributed by atoms with Crippen LogP contribution in [0.25, 0.3) is 0 Å². The molecule has 1 saturated carbocycles. The number of aliphatic hydroxyl groups excluding tert-OH is 2. The zero-order valence-electron chi connectivity index (χ0n) is 22.9. The second kappa shape index (κ2) is 18.5. The Kier molecular flexibility index (Phi) is 16.1. The van der Waals surface area contributed by atoms with Crippen LogP contribution in [0.3, 0.4) is 0 Å². The van der Waals surface area contributed by atoms with Crippen LogP contribution in [0, 0.1) is 5.41 Å². The van der Waals surface area contributed by atoms with E-state index in [-0.39, 0.29) is 12.1 Å². The van der Waals surface area contributed by atoms with Crippen molar-refractivity contribution in [3.8, 4) is 0 Å². The highest BCUT2D eigenvalue weighted by Gasteiger charge is 2.22. The molecule has 6 N–H and O–H groups in total. The van der Waals surface area contributed by atoms with Crippen molar-refractivity contribution in [1.82, 2.24) is 9.97 Å². The van der Waals surface area contributed by atoms with Crippen LogP contribution >= 0.6 is 0 Å². The van der Waals surface area contributed by atoms with Crippen molar-refractivity contribution >= 4 is 23.2 Å². The third-order valence-corrected chi connectivity index (χ3v) is 5.94. The number of rotatable bonds is 12. The maximum absolute atomic E-state index is 9.84. The number of nitrogens with one attached hydrogen (secondary N) is 4. The zero-order chi connectivity index (χ0) is 26.8. The Morgan fingerprint density at radius 1 is 0.944 bits per heavy atom. The number of unbranched alkanes of at least 4 members (excludes halogenated alkanes) is 2. The molecule has 1 aliphatic carbocycles. The molecule has 1 aromatic carbocycles. The smallest absolute Gasteiger partial charge is 0.224 e. The molecular formula is C28H48N6O2. The minimum absolute atomic E-state index is 0.202. The summed E-state index contributed by atoms with van der Waals surface area (Å²) >= 11 is 0. The van der Waals surface area contributed by atoms with Crippen molar-refractivity contribution in [2.75, 3.05) is 36.1 Å². The highest BCUT2D eigenvalue weighted by Crippen LogP contribution is 2.25. The van der Waals surface area contributed by atoms with E-state index in [4.69, 9.17) is 15.5 Å². The molecule has 8 heteroatoms. The number of nitrogens with zero attached hydrogens (tertiary/aromatic N) is 2. The van der Waals surface area contributed by atoms with Gasteiger partial charge in [-0.1, -0.05) is 52.7 Å². The van der Waals surface area contributed by atoms with Crippen molar-refractivity contribution in [1.29, 1.82) is 5.41 Å². The number of benzene rings is 1. The summed E-state index contributed by atoms with van der Waals surface area (Å²) in [6, 6.07) is 8.25. The zero-order valence-corrected chi connectivity index (χ0v) is 22.9. The highest BCUT2D eigenvalue weighted by atomic mass is 16.3. The van der Waals surface area contributed by atoms with E-state index in [0.29, 0.717) is 23.0 Å². The van der Waals surface area contributed by atoms with Gasteiger partial charge in [-0.2, -0.15) is 4.98 Å². The van der Waals surface area contributed by atoms with Crippen LogP contribution in [0.2, 0.25) is 0 Å². The topological polar surface area (TPSA) is 126 Å². The largest absolute Gasteiger partial charge is 0.400 e. The van der Waals surface area contributed by atoms with E-state index in [1.807, 2.05) is 38.1 Å². The average Bonchev–Trinajstić information content (AvgIpc) is 2.93. The van der Waals surface area contributed by atoms with Gasteiger partial charge in [-0.15, -0.1) is 0 Å². The Bertz CT molecular complexity index is 852. The van der Waals surface area contributed by atoms with Gasteiger partial charge in [0.1, 0.15) is 5.82 Å². The average molecular weight is 501 g/mol. The first-order valence-electron chi connectivity index (χ1n) is 13.5. The first-order chi connectivity index (χ1) is 17.6. The van der Waals surface area contributed by atoms with E-state index in [1.54, 1.807) is 6.20 Å². The molecule has 202 valence electrons. The molecule has 1 aromatic heterocycles. The van der Waals surface area contributed by atoms with E-state index in [0.717, 1.165) is 82.8 Å². The van der Waals surface area contributed by atoms with Gasteiger partial charge in [-0.25, -0.2) is 4.98 Å². The minimum atomic E-state index is -0.202. The van der Waals surface area contributed by atoms with Gasteiger partial charge in [0.25, 0.3) is 0 Å². The second-order valence-corrected chi connectivity index (χ2v) is 8.62. The second-order valence-electron chi connectivity index (χ2n) is 8.62. The van der Waals surface area contributed by atoms with Crippen LogP contribution in [0.1, 0.15) is 90.2 Å². The van der Waals surface area contributed by atoms with Crippen molar-refractivity contribution in [3.63, 3.8) is 0 Å². The first-order valence-corrected chi connectivity index (χ1v) is 13.5. The Balaban J connectivity index is 0.00000154. The van der Waals surface area contributed by atoms with E-state index < -0.39 is 0 Å². The fourth-order valence-corrected chi connectivity index (χ4v) is 3.87. The SMILES string of the molecule is CC.CCCCNc1ccc(C(=N)c2cnc(NCCCC)nc2NC2CCC(O)CC2)cc1.CO. The van der Waals surface area contributed by atoms with Gasteiger partial charge in [0.2, 0.25) is 5.95 Å². The van der Waals surface area contributed by atoms with Crippen LogP contribution in [0.5, 0.6) is 0 Å². The van der Waals surface area contributed by atoms with Gasteiger partial charge in [-0.05, 0) is 50.7 Å². The number of aromatic nitrogens is 2. The molecule has 0 radical (unpaired) electrons. The molecule has 1 heterocycles. The third-order valence-electron chi connectivity index (χ3n) is 5.94. The Morgan fingerprint density at radius 3 is 2.11 bits per heavy atom. The number of anilines is 3. The van der Waals surface area contributed by atoms with Gasteiger partial charge in [0, 0.05) is 43.7 Å². The monoisotopic (exact) mass is 500 g/mol. The molecule has 1 fully saturated rings. The molecule has 0 atom stereocenters. The molecule has 0 unspecified atom stereocenters. The summed E-state index contributed by atoms with van der Waals surface area (Å²) in [6.07, 6.45) is 9.40. The maximum atomic E-state index is 9.84. The molecule has 36 heavy (non-hydrogen) atoms. The first kappa shape index (κ1) is 31.3. The Hall–Kier alpha value is -2.71. The lowest BCUT2D eigenvalue weighted by atomic mass is 9.93. The van der Waals surface area contributed by atoms with Gasteiger partial charge >= 0.3 is 0 Å². The molecule has 3 rings (SSSR count).